The molecular formula is C17H15F2N5O. The molecular weight excluding hydrogens is 328 g/mol. The minimum absolute atomic E-state index is 0.0495. The van der Waals surface area contributed by atoms with Gasteiger partial charge in [0.2, 0.25) is 5.95 Å². The highest BCUT2D eigenvalue weighted by molar-refractivity contribution is 5.65. The summed E-state index contributed by atoms with van der Waals surface area (Å²) in [5.41, 5.74) is 1.80. The lowest BCUT2D eigenvalue weighted by Crippen LogP contribution is -2.04. The van der Waals surface area contributed by atoms with Crippen LogP contribution in [0.25, 0.3) is 0 Å². The molecule has 0 fully saturated rings. The Balaban J connectivity index is 1.83. The maximum Gasteiger partial charge on any atom is 0.249 e. The fraction of sp³-hybridized carbons (Fsp3) is 0.118. The monoisotopic (exact) mass is 343 g/mol. The van der Waals surface area contributed by atoms with Crippen LogP contribution in [0.3, 0.4) is 0 Å². The normalized spacial score (nSPS) is 10.4. The zero-order valence-electron chi connectivity index (χ0n) is 13.5. The van der Waals surface area contributed by atoms with Crippen molar-refractivity contribution >= 4 is 23.1 Å². The second kappa shape index (κ2) is 7.08. The second-order valence-electron chi connectivity index (χ2n) is 5.24. The predicted octanol–water partition coefficient (Wildman–Crippen LogP) is 3.95. The number of ether oxygens (including phenoxy) is 1. The molecule has 1 aromatic heterocycles. The zero-order valence-corrected chi connectivity index (χ0v) is 13.5. The molecule has 2 N–H and O–H groups in total. The molecule has 0 aliphatic carbocycles. The van der Waals surface area contributed by atoms with Gasteiger partial charge in [-0.15, -0.1) is 5.10 Å². The van der Waals surface area contributed by atoms with Gasteiger partial charge in [-0.05, 0) is 36.8 Å². The highest BCUT2D eigenvalue weighted by Crippen LogP contribution is 2.28. The molecule has 3 rings (SSSR count). The highest BCUT2D eigenvalue weighted by Gasteiger charge is 2.09. The Hall–Kier alpha value is -3.29. The van der Waals surface area contributed by atoms with Gasteiger partial charge < -0.3 is 15.4 Å². The van der Waals surface area contributed by atoms with E-state index in [9.17, 15) is 8.78 Å². The van der Waals surface area contributed by atoms with Crippen molar-refractivity contribution < 1.29 is 13.5 Å². The summed E-state index contributed by atoms with van der Waals surface area (Å²) in [5, 5.41) is 13.4. The van der Waals surface area contributed by atoms with Crippen LogP contribution in [-0.2, 0) is 0 Å². The molecule has 128 valence electrons. The smallest absolute Gasteiger partial charge is 0.249 e. The van der Waals surface area contributed by atoms with Crippen molar-refractivity contribution in [1.82, 2.24) is 15.2 Å². The number of nitrogens with one attached hydrogen (secondary N) is 2. The number of hydrogen-bond acceptors (Lipinski definition) is 6. The number of aryl methyl sites for hydroxylation is 1. The van der Waals surface area contributed by atoms with Gasteiger partial charge in [-0.3, -0.25) is 0 Å². The van der Waals surface area contributed by atoms with Crippen LogP contribution in [0, 0.1) is 18.6 Å². The molecule has 0 aliphatic heterocycles. The summed E-state index contributed by atoms with van der Waals surface area (Å²) in [6.45, 7) is 1.95. The summed E-state index contributed by atoms with van der Waals surface area (Å²) >= 11 is 0. The van der Waals surface area contributed by atoms with Crippen molar-refractivity contribution in [3.05, 3.63) is 59.8 Å². The Bertz CT molecular complexity index is 904. The maximum absolute atomic E-state index is 13.7. The van der Waals surface area contributed by atoms with E-state index in [1.807, 2.05) is 25.1 Å². The molecule has 8 heteroatoms. The lowest BCUT2D eigenvalue weighted by atomic mass is 10.2. The fourth-order valence-corrected chi connectivity index (χ4v) is 2.19. The van der Waals surface area contributed by atoms with Gasteiger partial charge >= 0.3 is 0 Å². The Morgan fingerprint density at radius 1 is 1.00 bits per heavy atom. The van der Waals surface area contributed by atoms with Gasteiger partial charge in [-0.2, -0.15) is 10.1 Å². The van der Waals surface area contributed by atoms with E-state index >= 15 is 0 Å². The van der Waals surface area contributed by atoms with Crippen LogP contribution in [0.15, 0.2) is 42.6 Å². The van der Waals surface area contributed by atoms with E-state index < -0.39 is 11.6 Å². The first-order valence-corrected chi connectivity index (χ1v) is 7.38. The van der Waals surface area contributed by atoms with Crippen LogP contribution in [0.1, 0.15) is 5.56 Å². The summed E-state index contributed by atoms with van der Waals surface area (Å²) in [6, 6.07) is 8.82. The van der Waals surface area contributed by atoms with E-state index in [4.69, 9.17) is 4.74 Å². The van der Waals surface area contributed by atoms with Crippen molar-refractivity contribution in [3.63, 3.8) is 0 Å². The summed E-state index contributed by atoms with van der Waals surface area (Å²) in [6.07, 6.45) is 1.42. The lowest BCUT2D eigenvalue weighted by molar-refractivity contribution is 0.416. The Kier molecular flexibility index (Phi) is 4.69. The number of halogens is 2. The summed E-state index contributed by atoms with van der Waals surface area (Å²) in [4.78, 5) is 4.22. The number of anilines is 4. The summed E-state index contributed by atoms with van der Waals surface area (Å²) in [7, 11) is 1.57. The van der Waals surface area contributed by atoms with Crippen LogP contribution in [0.4, 0.5) is 31.9 Å². The topological polar surface area (TPSA) is 72.0 Å². The lowest BCUT2D eigenvalue weighted by Gasteiger charge is -2.12. The third kappa shape index (κ3) is 3.97. The fourth-order valence-electron chi connectivity index (χ4n) is 2.19. The van der Waals surface area contributed by atoms with E-state index in [-0.39, 0.29) is 11.6 Å². The number of nitrogens with zero attached hydrogens (tertiary/aromatic N) is 3. The SMILES string of the molecule is COc1ccc(C)cc1Nc1cnnc(Nc2ccc(F)cc2F)n1. The second-order valence-corrected chi connectivity index (χ2v) is 5.24. The average molecular weight is 343 g/mol. The van der Waals surface area contributed by atoms with Crippen molar-refractivity contribution in [2.45, 2.75) is 6.92 Å². The van der Waals surface area contributed by atoms with Gasteiger partial charge in [0.15, 0.2) is 5.82 Å². The first kappa shape index (κ1) is 16.6. The van der Waals surface area contributed by atoms with E-state index in [0.717, 1.165) is 17.7 Å². The molecule has 2 aromatic carbocycles. The van der Waals surface area contributed by atoms with E-state index in [2.05, 4.69) is 25.8 Å². The van der Waals surface area contributed by atoms with Gasteiger partial charge in [0, 0.05) is 6.07 Å². The maximum atomic E-state index is 13.7. The van der Waals surface area contributed by atoms with Gasteiger partial charge in [0.1, 0.15) is 17.4 Å². The molecule has 0 atom stereocenters. The van der Waals surface area contributed by atoms with Gasteiger partial charge in [0.05, 0.1) is 24.7 Å². The Morgan fingerprint density at radius 2 is 1.84 bits per heavy atom. The number of aromatic nitrogens is 3. The van der Waals surface area contributed by atoms with Crippen LogP contribution in [-0.4, -0.2) is 22.3 Å². The quantitative estimate of drug-likeness (QED) is 0.731. The molecule has 1 heterocycles. The number of hydrogen-bond donors (Lipinski definition) is 2. The molecule has 25 heavy (non-hydrogen) atoms. The van der Waals surface area contributed by atoms with E-state index in [1.54, 1.807) is 7.11 Å². The molecule has 0 saturated carbocycles. The number of rotatable bonds is 5. The van der Waals surface area contributed by atoms with Crippen molar-refractivity contribution in [2.24, 2.45) is 0 Å². The van der Waals surface area contributed by atoms with Gasteiger partial charge in [0.25, 0.3) is 0 Å². The standard InChI is InChI=1S/C17H15F2N5O/c1-10-3-6-15(25-2)14(7-10)21-16-9-20-24-17(23-16)22-13-5-4-11(18)8-12(13)19/h3-9H,1-2H3,(H2,21,22,23,24). The zero-order chi connectivity index (χ0) is 17.8. The Labute approximate surface area is 142 Å². The Morgan fingerprint density at radius 3 is 2.60 bits per heavy atom. The minimum Gasteiger partial charge on any atom is -0.495 e. The molecule has 0 aliphatic rings. The summed E-state index contributed by atoms with van der Waals surface area (Å²) in [5.74, 6) is -0.305. The molecule has 0 spiro atoms. The van der Waals surface area contributed by atoms with Crippen LogP contribution < -0.4 is 15.4 Å². The van der Waals surface area contributed by atoms with Crippen LogP contribution in [0.2, 0.25) is 0 Å². The molecule has 3 aromatic rings. The van der Waals surface area contributed by atoms with Crippen molar-refractivity contribution in [3.8, 4) is 5.75 Å². The van der Waals surface area contributed by atoms with Crippen molar-refractivity contribution in [1.29, 1.82) is 0 Å². The molecule has 0 bridgehead atoms. The van der Waals surface area contributed by atoms with Gasteiger partial charge in [-0.25, -0.2) is 8.78 Å². The highest BCUT2D eigenvalue weighted by atomic mass is 19.1. The third-order valence-electron chi connectivity index (χ3n) is 3.35. The molecule has 0 radical (unpaired) electrons. The predicted molar refractivity (Wildman–Crippen MR) is 90.5 cm³/mol. The van der Waals surface area contributed by atoms with Crippen LogP contribution >= 0.6 is 0 Å². The van der Waals surface area contributed by atoms with E-state index in [0.29, 0.717) is 17.3 Å². The largest absolute Gasteiger partial charge is 0.495 e. The molecule has 6 nitrogen and oxygen atoms in total. The molecule has 0 saturated heterocycles. The van der Waals surface area contributed by atoms with Crippen LogP contribution in [0.5, 0.6) is 5.75 Å². The molecule has 0 amide bonds. The minimum atomic E-state index is -0.748. The number of methoxy groups -OCH3 is 1. The number of benzene rings is 2. The third-order valence-corrected chi connectivity index (χ3v) is 3.35. The van der Waals surface area contributed by atoms with Crippen molar-refractivity contribution in [2.75, 3.05) is 17.7 Å². The van der Waals surface area contributed by atoms with Gasteiger partial charge in [-0.1, -0.05) is 6.07 Å². The van der Waals surface area contributed by atoms with E-state index in [1.165, 1.54) is 12.3 Å². The first-order chi connectivity index (χ1) is 12.0. The molecule has 0 unspecified atom stereocenters. The first-order valence-electron chi connectivity index (χ1n) is 7.38. The summed E-state index contributed by atoms with van der Waals surface area (Å²) < 4.78 is 32.0. The average Bonchev–Trinajstić information content (AvgIpc) is 2.58.